The van der Waals surface area contributed by atoms with Gasteiger partial charge in [0.25, 0.3) is 0 Å². The largest absolute Gasteiger partial charge is 0.369 e. The molecule has 4 rings (SSSR count). The SMILES string of the molecule is O=C(CN1CCN(c2ccnc(F)c2)CC1)N1CCc2ccccc21. The van der Waals surface area contributed by atoms with E-state index in [1.165, 1.54) is 17.8 Å². The monoisotopic (exact) mass is 340 g/mol. The molecular weight excluding hydrogens is 319 g/mol. The number of hydrogen-bond donors (Lipinski definition) is 0. The fourth-order valence-corrected chi connectivity index (χ4v) is 3.63. The quantitative estimate of drug-likeness (QED) is 0.801. The molecule has 1 fully saturated rings. The summed E-state index contributed by atoms with van der Waals surface area (Å²) in [4.78, 5) is 22.5. The van der Waals surface area contributed by atoms with Crippen molar-refractivity contribution in [2.75, 3.05) is 49.1 Å². The minimum Gasteiger partial charge on any atom is -0.369 e. The van der Waals surface area contributed by atoms with E-state index >= 15 is 0 Å². The summed E-state index contributed by atoms with van der Waals surface area (Å²) in [5.74, 6) is -0.295. The van der Waals surface area contributed by atoms with Crippen LogP contribution in [0.25, 0.3) is 0 Å². The second-order valence-electron chi connectivity index (χ2n) is 6.52. The van der Waals surface area contributed by atoms with Gasteiger partial charge >= 0.3 is 0 Å². The molecule has 1 amide bonds. The van der Waals surface area contributed by atoms with Crippen LogP contribution in [0, 0.1) is 5.95 Å². The Morgan fingerprint density at radius 3 is 2.68 bits per heavy atom. The second-order valence-corrected chi connectivity index (χ2v) is 6.52. The van der Waals surface area contributed by atoms with Crippen LogP contribution in [0.1, 0.15) is 5.56 Å². The fourth-order valence-electron chi connectivity index (χ4n) is 3.63. The van der Waals surface area contributed by atoms with Crippen molar-refractivity contribution in [1.29, 1.82) is 0 Å². The van der Waals surface area contributed by atoms with Gasteiger partial charge in [0.2, 0.25) is 11.9 Å². The number of halogens is 1. The van der Waals surface area contributed by atoms with Gasteiger partial charge in [-0.2, -0.15) is 4.39 Å². The topological polar surface area (TPSA) is 39.7 Å². The Morgan fingerprint density at radius 2 is 1.88 bits per heavy atom. The number of carbonyl (C=O) groups excluding carboxylic acids is 1. The van der Waals surface area contributed by atoms with Gasteiger partial charge in [0.05, 0.1) is 6.54 Å². The molecule has 0 spiro atoms. The summed E-state index contributed by atoms with van der Waals surface area (Å²) >= 11 is 0. The summed E-state index contributed by atoms with van der Waals surface area (Å²) < 4.78 is 13.3. The van der Waals surface area contributed by atoms with E-state index in [9.17, 15) is 9.18 Å². The fraction of sp³-hybridized carbons (Fsp3) is 0.368. The Bertz CT molecular complexity index is 774. The number of para-hydroxylation sites is 1. The number of nitrogens with zero attached hydrogens (tertiary/aromatic N) is 4. The molecule has 1 aromatic carbocycles. The molecule has 0 unspecified atom stereocenters. The molecule has 0 atom stereocenters. The van der Waals surface area contributed by atoms with Crippen molar-refractivity contribution in [2.45, 2.75) is 6.42 Å². The number of anilines is 2. The molecule has 0 saturated carbocycles. The van der Waals surface area contributed by atoms with Crippen LogP contribution < -0.4 is 9.80 Å². The number of benzene rings is 1. The van der Waals surface area contributed by atoms with Crippen LogP contribution in [-0.4, -0.2) is 55.1 Å². The first-order chi connectivity index (χ1) is 12.2. The summed E-state index contributed by atoms with van der Waals surface area (Å²) in [5, 5.41) is 0. The predicted octanol–water partition coefficient (Wildman–Crippen LogP) is 1.93. The molecule has 2 aliphatic heterocycles. The number of aromatic nitrogens is 1. The molecule has 0 bridgehead atoms. The van der Waals surface area contributed by atoms with E-state index < -0.39 is 5.95 Å². The van der Waals surface area contributed by atoms with E-state index in [1.54, 1.807) is 0 Å². The highest BCUT2D eigenvalue weighted by Crippen LogP contribution is 2.27. The first-order valence-corrected chi connectivity index (χ1v) is 8.68. The van der Waals surface area contributed by atoms with Crippen molar-refractivity contribution in [1.82, 2.24) is 9.88 Å². The Balaban J connectivity index is 1.34. The van der Waals surface area contributed by atoms with E-state index in [0.717, 1.165) is 50.5 Å². The molecule has 130 valence electrons. The molecule has 1 saturated heterocycles. The predicted molar refractivity (Wildman–Crippen MR) is 95.3 cm³/mol. The van der Waals surface area contributed by atoms with Crippen LogP contribution in [0.15, 0.2) is 42.6 Å². The highest BCUT2D eigenvalue weighted by molar-refractivity contribution is 5.96. The van der Waals surface area contributed by atoms with Gasteiger partial charge in [-0.1, -0.05) is 18.2 Å². The first kappa shape index (κ1) is 16.0. The number of rotatable bonds is 3. The molecule has 3 heterocycles. The molecule has 0 aliphatic carbocycles. The van der Waals surface area contributed by atoms with Crippen molar-refractivity contribution in [3.63, 3.8) is 0 Å². The summed E-state index contributed by atoms with van der Waals surface area (Å²) in [7, 11) is 0. The van der Waals surface area contributed by atoms with Gasteiger partial charge in [-0.3, -0.25) is 9.69 Å². The molecule has 2 aromatic rings. The molecule has 1 aromatic heterocycles. The summed E-state index contributed by atoms with van der Waals surface area (Å²) in [5.41, 5.74) is 3.16. The van der Waals surface area contributed by atoms with Gasteiger partial charge in [-0.25, -0.2) is 4.98 Å². The number of carbonyl (C=O) groups is 1. The Labute approximate surface area is 146 Å². The lowest BCUT2D eigenvalue weighted by atomic mass is 10.2. The second kappa shape index (κ2) is 6.80. The van der Waals surface area contributed by atoms with Crippen molar-refractivity contribution < 1.29 is 9.18 Å². The number of amides is 1. The van der Waals surface area contributed by atoms with Gasteiger partial charge in [-0.15, -0.1) is 0 Å². The highest BCUT2D eigenvalue weighted by atomic mass is 19.1. The Morgan fingerprint density at radius 1 is 1.08 bits per heavy atom. The van der Waals surface area contributed by atoms with Crippen molar-refractivity contribution >= 4 is 17.3 Å². The highest BCUT2D eigenvalue weighted by Gasteiger charge is 2.27. The molecule has 6 heteroatoms. The average molecular weight is 340 g/mol. The van der Waals surface area contributed by atoms with Gasteiger partial charge < -0.3 is 9.80 Å². The van der Waals surface area contributed by atoms with E-state index in [2.05, 4.69) is 20.9 Å². The number of piperazine rings is 1. The van der Waals surface area contributed by atoms with Crippen molar-refractivity contribution in [3.05, 3.63) is 54.1 Å². The standard InChI is InChI=1S/C19H21FN4O/c20-18-13-16(5-7-21-18)23-11-9-22(10-12-23)14-19(25)24-8-6-15-3-1-2-4-17(15)24/h1-5,7,13H,6,8-12,14H2. The third kappa shape index (κ3) is 3.35. The molecule has 5 nitrogen and oxygen atoms in total. The van der Waals surface area contributed by atoms with E-state index in [0.29, 0.717) is 6.54 Å². The zero-order valence-electron chi connectivity index (χ0n) is 14.1. The van der Waals surface area contributed by atoms with Crippen LogP contribution in [-0.2, 0) is 11.2 Å². The van der Waals surface area contributed by atoms with Gasteiger partial charge in [0.1, 0.15) is 0 Å². The average Bonchev–Trinajstić information content (AvgIpc) is 3.06. The number of fused-ring (bicyclic) bond motifs is 1. The number of pyridine rings is 1. The molecular formula is C19H21FN4O. The van der Waals surface area contributed by atoms with Crippen LogP contribution in [0.3, 0.4) is 0 Å². The number of hydrogen-bond acceptors (Lipinski definition) is 4. The zero-order chi connectivity index (χ0) is 17.2. The minimum atomic E-state index is -0.456. The van der Waals surface area contributed by atoms with E-state index in [4.69, 9.17) is 0 Å². The van der Waals surface area contributed by atoms with Gasteiger partial charge in [-0.05, 0) is 24.1 Å². The third-order valence-electron chi connectivity index (χ3n) is 4.99. The molecule has 0 N–H and O–H groups in total. The van der Waals surface area contributed by atoms with Crippen LogP contribution in [0.4, 0.5) is 15.8 Å². The lowest BCUT2D eigenvalue weighted by molar-refractivity contribution is -0.119. The molecule has 0 radical (unpaired) electrons. The summed E-state index contributed by atoms with van der Waals surface area (Å²) in [6.45, 7) is 4.37. The lowest BCUT2D eigenvalue weighted by Crippen LogP contribution is -2.50. The van der Waals surface area contributed by atoms with Gasteiger partial charge in [0.15, 0.2) is 0 Å². The van der Waals surface area contributed by atoms with Crippen molar-refractivity contribution in [3.8, 4) is 0 Å². The van der Waals surface area contributed by atoms with Crippen molar-refractivity contribution in [2.24, 2.45) is 0 Å². The Hall–Kier alpha value is -2.47. The zero-order valence-corrected chi connectivity index (χ0v) is 14.1. The molecule has 25 heavy (non-hydrogen) atoms. The molecule has 2 aliphatic rings. The third-order valence-corrected chi connectivity index (χ3v) is 4.99. The van der Waals surface area contributed by atoms with Crippen LogP contribution >= 0.6 is 0 Å². The summed E-state index contributed by atoms with van der Waals surface area (Å²) in [6, 6.07) is 11.4. The van der Waals surface area contributed by atoms with E-state index in [-0.39, 0.29) is 5.91 Å². The Kier molecular flexibility index (Phi) is 4.36. The lowest BCUT2D eigenvalue weighted by Gasteiger charge is -2.36. The maximum absolute atomic E-state index is 13.3. The first-order valence-electron chi connectivity index (χ1n) is 8.68. The smallest absolute Gasteiger partial charge is 0.241 e. The maximum atomic E-state index is 13.3. The maximum Gasteiger partial charge on any atom is 0.241 e. The van der Waals surface area contributed by atoms with E-state index in [1.807, 2.05) is 29.2 Å². The van der Waals surface area contributed by atoms with Gasteiger partial charge in [0, 0.05) is 56.4 Å². The minimum absolute atomic E-state index is 0.161. The normalized spacial score (nSPS) is 17.6. The summed E-state index contributed by atoms with van der Waals surface area (Å²) in [6.07, 6.45) is 2.43. The van der Waals surface area contributed by atoms with Crippen LogP contribution in [0.5, 0.6) is 0 Å². The van der Waals surface area contributed by atoms with Crippen LogP contribution in [0.2, 0.25) is 0 Å².